The summed E-state index contributed by atoms with van der Waals surface area (Å²) in [6.07, 6.45) is 3.28. The Morgan fingerprint density at radius 1 is 1.21 bits per heavy atom. The van der Waals surface area contributed by atoms with Gasteiger partial charge in [0.15, 0.2) is 0 Å². The summed E-state index contributed by atoms with van der Waals surface area (Å²) in [6, 6.07) is 9.47. The lowest BCUT2D eigenvalue weighted by Crippen LogP contribution is -2.37. The SMILES string of the molecule is COc1ccc(/C=C/C(=O)NCCNc2nc(C)cc(N3CCOCC3)n2)cc1. The van der Waals surface area contributed by atoms with E-state index in [2.05, 4.69) is 25.5 Å². The summed E-state index contributed by atoms with van der Waals surface area (Å²) in [5.41, 5.74) is 1.83. The molecular formula is C21H27N5O3. The minimum absolute atomic E-state index is 0.151. The molecule has 1 saturated heterocycles. The topological polar surface area (TPSA) is 88.6 Å². The average Bonchev–Trinajstić information content (AvgIpc) is 2.76. The van der Waals surface area contributed by atoms with Gasteiger partial charge >= 0.3 is 0 Å². The van der Waals surface area contributed by atoms with Crippen molar-refractivity contribution in [3.05, 3.63) is 47.7 Å². The Kier molecular flexibility index (Phi) is 7.40. The van der Waals surface area contributed by atoms with E-state index in [1.54, 1.807) is 13.2 Å². The van der Waals surface area contributed by atoms with Crippen molar-refractivity contribution in [1.82, 2.24) is 15.3 Å². The molecule has 1 amide bonds. The van der Waals surface area contributed by atoms with Crippen LogP contribution in [0.2, 0.25) is 0 Å². The van der Waals surface area contributed by atoms with Crippen molar-refractivity contribution >= 4 is 23.7 Å². The lowest BCUT2D eigenvalue weighted by atomic mass is 10.2. The number of hydrogen-bond acceptors (Lipinski definition) is 7. The molecule has 0 saturated carbocycles. The number of methoxy groups -OCH3 is 1. The molecule has 8 heteroatoms. The van der Waals surface area contributed by atoms with Crippen LogP contribution in [0.3, 0.4) is 0 Å². The molecular weight excluding hydrogens is 370 g/mol. The van der Waals surface area contributed by atoms with Crippen LogP contribution in [0, 0.1) is 6.92 Å². The third-order valence-corrected chi connectivity index (χ3v) is 4.43. The van der Waals surface area contributed by atoms with E-state index < -0.39 is 0 Å². The van der Waals surface area contributed by atoms with Crippen molar-refractivity contribution < 1.29 is 14.3 Å². The van der Waals surface area contributed by atoms with Gasteiger partial charge in [-0.1, -0.05) is 12.1 Å². The van der Waals surface area contributed by atoms with Crippen LogP contribution < -0.4 is 20.3 Å². The highest BCUT2D eigenvalue weighted by Crippen LogP contribution is 2.16. The Morgan fingerprint density at radius 2 is 1.97 bits per heavy atom. The van der Waals surface area contributed by atoms with Gasteiger partial charge in [0.1, 0.15) is 11.6 Å². The molecule has 29 heavy (non-hydrogen) atoms. The zero-order valence-electron chi connectivity index (χ0n) is 16.9. The monoisotopic (exact) mass is 397 g/mol. The van der Waals surface area contributed by atoms with E-state index in [1.807, 2.05) is 37.3 Å². The molecule has 0 unspecified atom stereocenters. The number of aryl methyl sites for hydroxylation is 1. The first-order valence-electron chi connectivity index (χ1n) is 9.66. The van der Waals surface area contributed by atoms with Crippen molar-refractivity contribution in [3.8, 4) is 5.75 Å². The van der Waals surface area contributed by atoms with Gasteiger partial charge < -0.3 is 25.0 Å². The van der Waals surface area contributed by atoms with E-state index in [0.29, 0.717) is 32.3 Å². The Labute approximate surface area is 170 Å². The fraction of sp³-hybridized carbons (Fsp3) is 0.381. The van der Waals surface area contributed by atoms with Gasteiger partial charge in [0.05, 0.1) is 20.3 Å². The first-order valence-corrected chi connectivity index (χ1v) is 9.66. The quantitative estimate of drug-likeness (QED) is 0.519. The maximum atomic E-state index is 12.0. The molecule has 8 nitrogen and oxygen atoms in total. The summed E-state index contributed by atoms with van der Waals surface area (Å²) in [6.45, 7) is 6.02. The molecule has 2 aromatic rings. The second-order valence-electron chi connectivity index (χ2n) is 6.61. The zero-order chi connectivity index (χ0) is 20.5. The third kappa shape index (κ3) is 6.46. The molecule has 1 aromatic carbocycles. The van der Waals surface area contributed by atoms with Crippen LogP contribution in [-0.2, 0) is 9.53 Å². The Morgan fingerprint density at radius 3 is 2.69 bits per heavy atom. The Bertz CT molecular complexity index is 833. The lowest BCUT2D eigenvalue weighted by Gasteiger charge is -2.28. The van der Waals surface area contributed by atoms with Gasteiger partial charge in [0, 0.05) is 44.0 Å². The summed E-state index contributed by atoms with van der Waals surface area (Å²) in [7, 11) is 1.62. The Hall–Kier alpha value is -3.13. The highest BCUT2D eigenvalue weighted by atomic mass is 16.5. The highest BCUT2D eigenvalue weighted by Gasteiger charge is 2.14. The van der Waals surface area contributed by atoms with Crippen LogP contribution >= 0.6 is 0 Å². The predicted molar refractivity (Wildman–Crippen MR) is 113 cm³/mol. The van der Waals surface area contributed by atoms with Gasteiger partial charge in [-0.2, -0.15) is 4.98 Å². The number of morpholine rings is 1. The molecule has 0 bridgehead atoms. The number of anilines is 2. The molecule has 1 aliphatic heterocycles. The minimum atomic E-state index is -0.151. The molecule has 0 spiro atoms. The molecule has 1 aliphatic rings. The number of carbonyl (C=O) groups is 1. The molecule has 0 atom stereocenters. The number of nitrogens with zero attached hydrogens (tertiary/aromatic N) is 3. The highest BCUT2D eigenvalue weighted by molar-refractivity contribution is 5.91. The van der Waals surface area contributed by atoms with Crippen LogP contribution in [0.25, 0.3) is 6.08 Å². The summed E-state index contributed by atoms with van der Waals surface area (Å²) in [4.78, 5) is 23.1. The normalized spacial score (nSPS) is 14.1. The zero-order valence-corrected chi connectivity index (χ0v) is 16.9. The van der Waals surface area contributed by atoms with Gasteiger partial charge in [-0.25, -0.2) is 4.98 Å². The molecule has 154 valence electrons. The lowest BCUT2D eigenvalue weighted by molar-refractivity contribution is -0.116. The molecule has 1 aromatic heterocycles. The first kappa shape index (κ1) is 20.6. The first-order chi connectivity index (χ1) is 14.1. The van der Waals surface area contributed by atoms with Gasteiger partial charge in [0.2, 0.25) is 11.9 Å². The van der Waals surface area contributed by atoms with Crippen LogP contribution in [0.1, 0.15) is 11.3 Å². The number of rotatable bonds is 8. The van der Waals surface area contributed by atoms with Crippen molar-refractivity contribution in [1.29, 1.82) is 0 Å². The molecule has 0 aliphatic carbocycles. The summed E-state index contributed by atoms with van der Waals surface area (Å²) >= 11 is 0. The molecule has 2 N–H and O–H groups in total. The number of hydrogen-bond donors (Lipinski definition) is 2. The van der Waals surface area contributed by atoms with E-state index in [0.717, 1.165) is 35.9 Å². The van der Waals surface area contributed by atoms with Crippen LogP contribution in [-0.4, -0.2) is 62.4 Å². The number of nitrogens with one attached hydrogen (secondary N) is 2. The summed E-state index contributed by atoms with van der Waals surface area (Å²) < 4.78 is 10.5. The molecule has 0 radical (unpaired) electrons. The van der Waals surface area contributed by atoms with E-state index in [9.17, 15) is 4.79 Å². The second-order valence-corrected chi connectivity index (χ2v) is 6.61. The standard InChI is InChI=1S/C21H27N5O3/c1-16-15-19(26-11-13-29-14-12-26)25-21(24-16)23-10-9-22-20(27)8-5-17-3-6-18(28-2)7-4-17/h3-8,15H,9-14H2,1-2H3,(H,22,27)(H,23,24,25)/b8-5+. The van der Waals surface area contributed by atoms with E-state index in [-0.39, 0.29) is 5.91 Å². The van der Waals surface area contributed by atoms with E-state index in [1.165, 1.54) is 6.08 Å². The van der Waals surface area contributed by atoms with Gasteiger partial charge in [0.25, 0.3) is 0 Å². The molecule has 1 fully saturated rings. The predicted octanol–water partition coefficient (Wildman–Crippen LogP) is 1.87. The Balaban J connectivity index is 1.44. The fourth-order valence-corrected chi connectivity index (χ4v) is 2.89. The van der Waals surface area contributed by atoms with Crippen molar-refractivity contribution in [3.63, 3.8) is 0 Å². The van der Waals surface area contributed by atoms with Crippen LogP contribution in [0.4, 0.5) is 11.8 Å². The molecule has 3 rings (SSSR count). The average molecular weight is 397 g/mol. The number of aromatic nitrogens is 2. The number of ether oxygens (including phenoxy) is 2. The number of benzene rings is 1. The van der Waals surface area contributed by atoms with Crippen molar-refractivity contribution in [2.75, 3.05) is 56.7 Å². The van der Waals surface area contributed by atoms with Crippen molar-refractivity contribution in [2.45, 2.75) is 6.92 Å². The summed E-state index contributed by atoms with van der Waals surface area (Å²) in [5.74, 6) is 2.10. The minimum Gasteiger partial charge on any atom is -0.497 e. The number of amides is 1. The maximum Gasteiger partial charge on any atom is 0.244 e. The second kappa shape index (κ2) is 10.4. The van der Waals surface area contributed by atoms with Gasteiger partial charge in [-0.3, -0.25) is 4.79 Å². The summed E-state index contributed by atoms with van der Waals surface area (Å²) in [5, 5.41) is 6.02. The third-order valence-electron chi connectivity index (χ3n) is 4.43. The van der Waals surface area contributed by atoms with Gasteiger partial charge in [-0.05, 0) is 30.7 Å². The number of carbonyl (C=O) groups excluding carboxylic acids is 1. The van der Waals surface area contributed by atoms with Crippen LogP contribution in [0.5, 0.6) is 5.75 Å². The largest absolute Gasteiger partial charge is 0.497 e. The molecule has 2 heterocycles. The van der Waals surface area contributed by atoms with Crippen LogP contribution in [0.15, 0.2) is 36.4 Å². The van der Waals surface area contributed by atoms with Crippen molar-refractivity contribution in [2.24, 2.45) is 0 Å². The van der Waals surface area contributed by atoms with Gasteiger partial charge in [-0.15, -0.1) is 0 Å². The fourth-order valence-electron chi connectivity index (χ4n) is 2.89. The maximum absolute atomic E-state index is 12.0. The smallest absolute Gasteiger partial charge is 0.244 e. The van der Waals surface area contributed by atoms with E-state index >= 15 is 0 Å². The van der Waals surface area contributed by atoms with E-state index in [4.69, 9.17) is 9.47 Å².